The van der Waals surface area contributed by atoms with Gasteiger partial charge in [-0.05, 0) is 35.6 Å². The van der Waals surface area contributed by atoms with Crippen molar-refractivity contribution in [3.63, 3.8) is 0 Å². The number of aliphatic hydroxyl groups is 1. The van der Waals surface area contributed by atoms with Crippen LogP contribution >= 0.6 is 23.2 Å². The van der Waals surface area contributed by atoms with Gasteiger partial charge in [0.25, 0.3) is 0 Å². The summed E-state index contributed by atoms with van der Waals surface area (Å²) >= 11 is 12.2. The van der Waals surface area contributed by atoms with E-state index in [1.165, 1.54) is 0 Å². The Morgan fingerprint density at radius 2 is 2.10 bits per heavy atom. The third-order valence-electron chi connectivity index (χ3n) is 3.76. The van der Waals surface area contributed by atoms with Crippen molar-refractivity contribution in [3.8, 4) is 0 Å². The van der Waals surface area contributed by atoms with Gasteiger partial charge < -0.3 is 10.0 Å². The maximum atomic E-state index is 12.2. The monoisotopic (exact) mass is 315 g/mol. The van der Waals surface area contributed by atoms with E-state index in [-0.39, 0.29) is 18.2 Å². The lowest BCUT2D eigenvalue weighted by atomic mass is 9.98. The quantitative estimate of drug-likeness (QED) is 0.929. The second-order valence-electron chi connectivity index (χ2n) is 5.61. The normalized spacial score (nSPS) is 16.2. The Bertz CT molecular complexity index is 517. The second kappa shape index (κ2) is 6.33. The van der Waals surface area contributed by atoms with E-state index < -0.39 is 6.10 Å². The highest BCUT2D eigenvalue weighted by Crippen LogP contribution is 2.30. The van der Waals surface area contributed by atoms with Crippen LogP contribution < -0.4 is 0 Å². The summed E-state index contributed by atoms with van der Waals surface area (Å²) in [5.41, 5.74) is 2.07. The van der Waals surface area contributed by atoms with Crippen LogP contribution in [0, 0.1) is 5.92 Å². The zero-order chi connectivity index (χ0) is 14.9. The number of carbonyl (C=O) groups excluding carboxylic acids is 1. The highest BCUT2D eigenvalue weighted by atomic mass is 35.5. The molecule has 5 heteroatoms. The van der Waals surface area contributed by atoms with Crippen LogP contribution in [0.3, 0.4) is 0 Å². The molecule has 0 fully saturated rings. The average Bonchev–Trinajstić information content (AvgIpc) is 2.37. The van der Waals surface area contributed by atoms with E-state index in [0.717, 1.165) is 17.5 Å². The predicted molar refractivity (Wildman–Crippen MR) is 81.0 cm³/mol. The Labute approximate surface area is 129 Å². The van der Waals surface area contributed by atoms with Crippen LogP contribution in [0.15, 0.2) is 12.1 Å². The van der Waals surface area contributed by atoms with Crippen molar-refractivity contribution in [2.24, 2.45) is 5.92 Å². The molecule has 1 heterocycles. The first kappa shape index (κ1) is 15.6. The summed E-state index contributed by atoms with van der Waals surface area (Å²) in [4.78, 5) is 14.0. The molecule has 0 aromatic heterocycles. The van der Waals surface area contributed by atoms with Gasteiger partial charge in [0.2, 0.25) is 5.91 Å². The lowest BCUT2D eigenvalue weighted by Gasteiger charge is -2.30. The number of amides is 1. The van der Waals surface area contributed by atoms with E-state index in [2.05, 4.69) is 0 Å². The van der Waals surface area contributed by atoms with Crippen molar-refractivity contribution in [1.82, 2.24) is 4.90 Å². The Morgan fingerprint density at radius 1 is 1.40 bits per heavy atom. The minimum atomic E-state index is -0.593. The van der Waals surface area contributed by atoms with Gasteiger partial charge in [-0.25, -0.2) is 0 Å². The topological polar surface area (TPSA) is 40.5 Å². The molecular weight excluding hydrogens is 297 g/mol. The highest BCUT2D eigenvalue weighted by molar-refractivity contribution is 6.35. The maximum absolute atomic E-state index is 12.2. The molecule has 3 nitrogen and oxygen atoms in total. The Balaban J connectivity index is 2.09. The molecule has 0 bridgehead atoms. The second-order valence-corrected chi connectivity index (χ2v) is 6.45. The molecule has 0 aliphatic carbocycles. The summed E-state index contributed by atoms with van der Waals surface area (Å²) in [7, 11) is 0. The van der Waals surface area contributed by atoms with Gasteiger partial charge >= 0.3 is 0 Å². The zero-order valence-electron chi connectivity index (χ0n) is 11.7. The summed E-state index contributed by atoms with van der Waals surface area (Å²) < 4.78 is 0. The number of hydrogen-bond donors (Lipinski definition) is 1. The number of fused-ring (bicyclic) bond motifs is 1. The Kier molecular flexibility index (Phi) is 4.95. The number of rotatable bonds is 3. The number of halogens is 2. The van der Waals surface area contributed by atoms with E-state index in [1.54, 1.807) is 11.0 Å². The van der Waals surface area contributed by atoms with Gasteiger partial charge in [-0.3, -0.25) is 4.79 Å². The van der Waals surface area contributed by atoms with E-state index in [0.29, 0.717) is 23.1 Å². The molecule has 110 valence electrons. The lowest BCUT2D eigenvalue weighted by Crippen LogP contribution is -2.38. The molecule has 0 saturated carbocycles. The van der Waals surface area contributed by atoms with Crippen molar-refractivity contribution < 1.29 is 9.90 Å². The minimum Gasteiger partial charge on any atom is -0.392 e. The van der Waals surface area contributed by atoms with Crippen LogP contribution in [0.2, 0.25) is 10.0 Å². The SMILES string of the molecule is CC(C)C(O)CC(=O)N1CCc2cc(Cl)cc(Cl)c2C1. The Hall–Kier alpha value is -0.770. The molecule has 1 unspecified atom stereocenters. The number of aliphatic hydroxyl groups excluding tert-OH is 1. The Morgan fingerprint density at radius 3 is 2.75 bits per heavy atom. The van der Waals surface area contributed by atoms with E-state index in [9.17, 15) is 9.90 Å². The van der Waals surface area contributed by atoms with Crippen molar-refractivity contribution >= 4 is 29.1 Å². The molecule has 1 aromatic rings. The molecule has 0 saturated heterocycles. The molecule has 20 heavy (non-hydrogen) atoms. The zero-order valence-corrected chi connectivity index (χ0v) is 13.2. The van der Waals surface area contributed by atoms with Crippen LogP contribution in [0.25, 0.3) is 0 Å². The number of nitrogens with zero attached hydrogens (tertiary/aromatic N) is 1. The van der Waals surface area contributed by atoms with Crippen LogP contribution in [-0.4, -0.2) is 28.6 Å². The van der Waals surface area contributed by atoms with Crippen molar-refractivity contribution in [3.05, 3.63) is 33.3 Å². The predicted octanol–water partition coefficient (Wildman–Crippen LogP) is 3.29. The van der Waals surface area contributed by atoms with Crippen molar-refractivity contribution in [2.75, 3.05) is 6.54 Å². The summed E-state index contributed by atoms with van der Waals surface area (Å²) in [5.74, 6) is 0.0567. The van der Waals surface area contributed by atoms with Gasteiger partial charge in [-0.2, -0.15) is 0 Å². The van der Waals surface area contributed by atoms with Gasteiger partial charge in [0.05, 0.1) is 12.5 Å². The molecule has 1 aromatic carbocycles. The van der Waals surface area contributed by atoms with E-state index in [1.807, 2.05) is 19.9 Å². The molecule has 1 N–H and O–H groups in total. The van der Waals surface area contributed by atoms with Gasteiger partial charge in [0, 0.05) is 23.1 Å². The summed E-state index contributed by atoms with van der Waals surface area (Å²) in [5, 5.41) is 11.1. The van der Waals surface area contributed by atoms with Crippen molar-refractivity contribution in [1.29, 1.82) is 0 Å². The maximum Gasteiger partial charge on any atom is 0.225 e. The molecule has 1 aliphatic heterocycles. The van der Waals surface area contributed by atoms with Gasteiger partial charge in [-0.15, -0.1) is 0 Å². The molecular formula is C15H19Cl2NO2. The summed E-state index contributed by atoms with van der Waals surface area (Å²) in [6.07, 6.45) is 0.321. The summed E-state index contributed by atoms with van der Waals surface area (Å²) in [6.45, 7) is 4.95. The highest BCUT2D eigenvalue weighted by Gasteiger charge is 2.25. The van der Waals surface area contributed by atoms with Crippen LogP contribution in [0.1, 0.15) is 31.4 Å². The van der Waals surface area contributed by atoms with Crippen LogP contribution in [0.4, 0.5) is 0 Å². The largest absolute Gasteiger partial charge is 0.392 e. The van der Waals surface area contributed by atoms with Crippen LogP contribution in [0.5, 0.6) is 0 Å². The smallest absolute Gasteiger partial charge is 0.225 e. The van der Waals surface area contributed by atoms with E-state index >= 15 is 0 Å². The molecule has 1 amide bonds. The molecule has 0 radical (unpaired) electrons. The van der Waals surface area contributed by atoms with Crippen LogP contribution in [-0.2, 0) is 17.8 Å². The molecule has 1 atom stereocenters. The van der Waals surface area contributed by atoms with Gasteiger partial charge in [0.1, 0.15) is 0 Å². The first-order valence-corrected chi connectivity index (χ1v) is 7.56. The number of hydrogen-bond acceptors (Lipinski definition) is 2. The number of carbonyl (C=O) groups is 1. The molecule has 2 rings (SSSR count). The van der Waals surface area contributed by atoms with Crippen molar-refractivity contribution in [2.45, 2.75) is 39.3 Å². The fourth-order valence-electron chi connectivity index (χ4n) is 2.34. The first-order chi connectivity index (χ1) is 9.38. The fourth-order valence-corrected chi connectivity index (χ4v) is 2.93. The van der Waals surface area contributed by atoms with E-state index in [4.69, 9.17) is 23.2 Å². The third-order valence-corrected chi connectivity index (χ3v) is 4.31. The lowest BCUT2D eigenvalue weighted by molar-refractivity contribution is -0.134. The van der Waals surface area contributed by atoms with Gasteiger partial charge in [-0.1, -0.05) is 37.0 Å². The average molecular weight is 316 g/mol. The summed E-state index contributed by atoms with van der Waals surface area (Å²) in [6, 6.07) is 3.62. The fraction of sp³-hybridized carbons (Fsp3) is 0.533. The standard InChI is InChI=1S/C15H19Cl2NO2/c1-9(2)14(19)7-15(20)18-4-3-10-5-11(16)6-13(17)12(10)8-18/h5-6,9,14,19H,3-4,7-8H2,1-2H3. The molecule has 0 spiro atoms. The first-order valence-electron chi connectivity index (χ1n) is 6.81. The van der Waals surface area contributed by atoms with Gasteiger partial charge in [0.15, 0.2) is 0 Å². The minimum absolute atomic E-state index is 0.0251. The molecule has 1 aliphatic rings. The third kappa shape index (κ3) is 3.46. The number of benzene rings is 1.